The van der Waals surface area contributed by atoms with Gasteiger partial charge in [0.2, 0.25) is 0 Å². The molecule has 4 heteroatoms. The topological polar surface area (TPSA) is 80.4 Å². The van der Waals surface area contributed by atoms with Crippen LogP contribution in [0.15, 0.2) is 11.6 Å². The number of fused-ring (bicyclic) bond motifs is 7. The van der Waals surface area contributed by atoms with E-state index in [0.29, 0.717) is 18.1 Å². The third-order valence-corrected chi connectivity index (χ3v) is 13.2. The Hall–Kier alpha value is -1.16. The minimum Gasteiger partial charge on any atom is -0.481 e. The summed E-state index contributed by atoms with van der Waals surface area (Å²) in [5.41, 5.74) is 7.21. The van der Waals surface area contributed by atoms with Crippen molar-refractivity contribution in [2.75, 3.05) is 0 Å². The van der Waals surface area contributed by atoms with E-state index >= 15 is 0 Å². The van der Waals surface area contributed by atoms with E-state index in [0.717, 1.165) is 51.4 Å². The number of aliphatic carboxylic acids is 1. The molecule has 4 nitrogen and oxygen atoms in total. The Labute approximate surface area is 206 Å². The monoisotopic (exact) mass is 469 g/mol. The molecule has 0 aromatic carbocycles. The molecule has 5 aliphatic carbocycles. The molecule has 5 aliphatic rings. The Morgan fingerprint density at radius 3 is 2.24 bits per heavy atom. The van der Waals surface area contributed by atoms with Gasteiger partial charge < -0.3 is 10.8 Å². The molecule has 3 N–H and O–H groups in total. The van der Waals surface area contributed by atoms with Crippen molar-refractivity contribution in [3.05, 3.63) is 11.6 Å². The summed E-state index contributed by atoms with van der Waals surface area (Å²) < 4.78 is 0. The predicted octanol–water partition coefficient (Wildman–Crippen LogP) is 6.38. The first-order valence-electron chi connectivity index (χ1n) is 13.8. The molecular weight excluding hydrogens is 422 g/mol. The van der Waals surface area contributed by atoms with Crippen molar-refractivity contribution in [3.8, 4) is 0 Å². The number of allylic oxidation sites excluding steroid dienone is 2. The molecule has 4 saturated carbocycles. The average molecular weight is 470 g/mol. The van der Waals surface area contributed by atoms with Gasteiger partial charge in [-0.1, -0.05) is 47.1 Å². The lowest BCUT2D eigenvalue weighted by Gasteiger charge is -2.70. The maximum atomic E-state index is 14.2. The van der Waals surface area contributed by atoms with E-state index in [1.165, 1.54) is 5.57 Å². The maximum absolute atomic E-state index is 14.2. The van der Waals surface area contributed by atoms with Crippen molar-refractivity contribution < 1.29 is 14.7 Å². The molecule has 0 saturated heterocycles. The van der Waals surface area contributed by atoms with Gasteiger partial charge in [0.05, 0.1) is 5.41 Å². The van der Waals surface area contributed by atoms with Gasteiger partial charge in [-0.2, -0.15) is 0 Å². The fourth-order valence-electron chi connectivity index (χ4n) is 10.4. The van der Waals surface area contributed by atoms with E-state index in [2.05, 4.69) is 47.6 Å². The first-order chi connectivity index (χ1) is 15.6. The van der Waals surface area contributed by atoms with Crippen LogP contribution in [-0.4, -0.2) is 22.9 Å². The largest absolute Gasteiger partial charge is 0.481 e. The Balaban J connectivity index is 1.62. The minimum atomic E-state index is -0.697. The summed E-state index contributed by atoms with van der Waals surface area (Å²) in [6.45, 7) is 16.2. The van der Waals surface area contributed by atoms with Crippen molar-refractivity contribution in [2.45, 2.75) is 112 Å². The molecule has 1 unspecified atom stereocenters. The Kier molecular flexibility index (Phi) is 5.04. The Morgan fingerprint density at radius 1 is 0.941 bits per heavy atom. The molecule has 5 rings (SSSR count). The number of rotatable bonds is 1. The molecule has 9 atom stereocenters. The highest BCUT2D eigenvalue weighted by Gasteiger charge is 2.70. The van der Waals surface area contributed by atoms with Gasteiger partial charge >= 0.3 is 5.97 Å². The van der Waals surface area contributed by atoms with Crippen LogP contribution >= 0.6 is 0 Å². The number of carbonyl (C=O) groups is 2. The summed E-state index contributed by atoms with van der Waals surface area (Å²) in [7, 11) is 0. The summed E-state index contributed by atoms with van der Waals surface area (Å²) in [4.78, 5) is 26.5. The lowest BCUT2D eigenvalue weighted by atomic mass is 9.33. The van der Waals surface area contributed by atoms with Gasteiger partial charge in [-0.15, -0.1) is 0 Å². The number of ketones is 1. The molecule has 0 radical (unpaired) electrons. The number of carbonyl (C=O) groups excluding carboxylic acids is 1. The number of carboxylic acids is 1. The molecule has 0 spiro atoms. The van der Waals surface area contributed by atoms with Crippen LogP contribution in [-0.2, 0) is 9.59 Å². The lowest BCUT2D eigenvalue weighted by molar-refractivity contribution is -0.188. The fraction of sp³-hybridized carbons (Fsp3) is 0.867. The summed E-state index contributed by atoms with van der Waals surface area (Å²) in [6.07, 6.45) is 10.9. The summed E-state index contributed by atoms with van der Waals surface area (Å²) in [6, 6.07) is 0.196. The third kappa shape index (κ3) is 2.81. The second kappa shape index (κ2) is 6.99. The van der Waals surface area contributed by atoms with Gasteiger partial charge in [0.25, 0.3) is 0 Å². The molecule has 0 aliphatic heterocycles. The third-order valence-electron chi connectivity index (χ3n) is 13.2. The van der Waals surface area contributed by atoms with Crippen molar-refractivity contribution in [1.29, 1.82) is 0 Å². The smallest absolute Gasteiger partial charge is 0.309 e. The quantitative estimate of drug-likeness (QED) is 0.467. The summed E-state index contributed by atoms with van der Waals surface area (Å²) in [5, 5.41) is 10.1. The van der Waals surface area contributed by atoms with E-state index in [1.807, 2.05) is 6.92 Å². The molecule has 0 aromatic rings. The van der Waals surface area contributed by atoms with Gasteiger partial charge in [-0.3, -0.25) is 9.59 Å². The van der Waals surface area contributed by atoms with E-state index in [-0.39, 0.29) is 45.0 Å². The second-order valence-corrected chi connectivity index (χ2v) is 15.0. The fourth-order valence-corrected chi connectivity index (χ4v) is 10.4. The molecule has 34 heavy (non-hydrogen) atoms. The van der Waals surface area contributed by atoms with Crippen LogP contribution in [0, 0.1) is 50.2 Å². The average Bonchev–Trinajstić information content (AvgIpc) is 2.73. The van der Waals surface area contributed by atoms with Crippen molar-refractivity contribution in [1.82, 2.24) is 0 Å². The van der Waals surface area contributed by atoms with Crippen molar-refractivity contribution in [3.63, 3.8) is 0 Å². The number of hydrogen-bond donors (Lipinski definition) is 2. The highest BCUT2D eigenvalue weighted by atomic mass is 16.4. The van der Waals surface area contributed by atoms with Gasteiger partial charge in [0, 0.05) is 12.0 Å². The van der Waals surface area contributed by atoms with E-state index in [4.69, 9.17) is 5.73 Å². The molecule has 0 aromatic heterocycles. The zero-order chi connectivity index (χ0) is 25.1. The van der Waals surface area contributed by atoms with E-state index < -0.39 is 11.4 Å². The van der Waals surface area contributed by atoms with Crippen molar-refractivity contribution >= 4 is 11.8 Å². The van der Waals surface area contributed by atoms with Crippen LogP contribution in [0.4, 0.5) is 0 Å². The van der Waals surface area contributed by atoms with Crippen LogP contribution in [0.3, 0.4) is 0 Å². The van der Waals surface area contributed by atoms with Crippen LogP contribution in [0.5, 0.6) is 0 Å². The Morgan fingerprint density at radius 2 is 1.59 bits per heavy atom. The van der Waals surface area contributed by atoms with Gasteiger partial charge in [0.15, 0.2) is 5.78 Å². The SMILES string of the molecule is CC1(C)C(N)CC[C@]2(C)[C@H]3C(=O)C=C4[C@H]5C[C@@](C)(C(=O)O)CC[C@]5(C)CC[C@@]4(C)[C@]3(C)CC[C@@H]12. The van der Waals surface area contributed by atoms with Gasteiger partial charge in [-0.05, 0) is 110 Å². The molecule has 0 amide bonds. The van der Waals surface area contributed by atoms with Gasteiger partial charge in [0.1, 0.15) is 0 Å². The second-order valence-electron chi connectivity index (χ2n) is 15.0. The summed E-state index contributed by atoms with van der Waals surface area (Å²) in [5.74, 6) is 0.313. The number of carboxylic acid groups (broad SMARTS) is 1. The van der Waals surface area contributed by atoms with Crippen LogP contribution < -0.4 is 5.73 Å². The predicted molar refractivity (Wildman–Crippen MR) is 135 cm³/mol. The van der Waals surface area contributed by atoms with Crippen molar-refractivity contribution in [2.24, 2.45) is 56.0 Å². The number of hydrogen-bond acceptors (Lipinski definition) is 3. The normalized spacial score (nSPS) is 54.1. The first-order valence-corrected chi connectivity index (χ1v) is 13.8. The van der Waals surface area contributed by atoms with E-state index in [9.17, 15) is 14.7 Å². The standard InChI is InChI=1S/C30H47NO3/c1-25(2)21-8-11-30(7)23(28(21,5)10-9-22(25)31)20(32)16-18-19-17-27(4,24(33)34)13-12-26(19,3)14-15-29(18,30)6/h16,19,21-23H,8-15,17,31H2,1-7H3,(H,33,34)/t19-,21+,22?,23-,26-,27+,28+,29-,30-/m1/s1. The van der Waals surface area contributed by atoms with Crippen LogP contribution in [0.1, 0.15) is 106 Å². The molecule has 0 heterocycles. The van der Waals surface area contributed by atoms with Crippen LogP contribution in [0.2, 0.25) is 0 Å². The zero-order valence-corrected chi connectivity index (χ0v) is 22.6. The Bertz CT molecular complexity index is 968. The minimum absolute atomic E-state index is 0.0260. The summed E-state index contributed by atoms with van der Waals surface area (Å²) >= 11 is 0. The highest BCUT2D eigenvalue weighted by molar-refractivity contribution is 5.95. The molecular formula is C30H47NO3. The highest BCUT2D eigenvalue weighted by Crippen LogP contribution is 2.75. The maximum Gasteiger partial charge on any atom is 0.309 e. The molecule has 0 bridgehead atoms. The van der Waals surface area contributed by atoms with Crippen LogP contribution in [0.25, 0.3) is 0 Å². The molecule has 4 fully saturated rings. The first kappa shape index (κ1) is 24.5. The number of nitrogens with two attached hydrogens (primary N) is 1. The van der Waals surface area contributed by atoms with Gasteiger partial charge in [-0.25, -0.2) is 0 Å². The zero-order valence-electron chi connectivity index (χ0n) is 22.6. The van der Waals surface area contributed by atoms with E-state index in [1.54, 1.807) is 0 Å². The molecule has 190 valence electrons. The lowest BCUT2D eigenvalue weighted by Crippen LogP contribution is -2.67.